The van der Waals surface area contributed by atoms with Crippen LogP contribution in [-0.4, -0.2) is 16.9 Å². The SMILES string of the molecule is CC[C@H](C)[C@H](N)C(=O)Nc1cccnc1Cl. The first-order valence-corrected chi connectivity index (χ1v) is 5.61. The molecule has 1 rings (SSSR count). The van der Waals surface area contributed by atoms with Gasteiger partial charge in [-0.1, -0.05) is 31.9 Å². The minimum absolute atomic E-state index is 0.135. The molecule has 16 heavy (non-hydrogen) atoms. The van der Waals surface area contributed by atoms with Crippen LogP contribution in [0.25, 0.3) is 0 Å². The Balaban J connectivity index is 2.68. The predicted molar refractivity (Wildman–Crippen MR) is 65.3 cm³/mol. The number of aromatic nitrogens is 1. The number of halogens is 1. The molecule has 0 bridgehead atoms. The maximum absolute atomic E-state index is 11.7. The van der Waals surface area contributed by atoms with Gasteiger partial charge in [-0.3, -0.25) is 4.79 Å². The fourth-order valence-corrected chi connectivity index (χ4v) is 1.37. The highest BCUT2D eigenvalue weighted by Crippen LogP contribution is 2.18. The second-order valence-electron chi connectivity index (χ2n) is 3.74. The van der Waals surface area contributed by atoms with Crippen molar-refractivity contribution in [2.45, 2.75) is 26.3 Å². The normalized spacial score (nSPS) is 14.2. The van der Waals surface area contributed by atoms with Crippen LogP contribution in [0.1, 0.15) is 20.3 Å². The van der Waals surface area contributed by atoms with Gasteiger partial charge in [0.2, 0.25) is 5.91 Å². The summed E-state index contributed by atoms with van der Waals surface area (Å²) in [5, 5.41) is 2.94. The van der Waals surface area contributed by atoms with Crippen molar-refractivity contribution in [1.29, 1.82) is 0 Å². The number of anilines is 1. The summed E-state index contributed by atoms with van der Waals surface area (Å²) in [6.07, 6.45) is 2.42. The largest absolute Gasteiger partial charge is 0.322 e. The average Bonchev–Trinajstić information content (AvgIpc) is 2.30. The number of hydrogen-bond donors (Lipinski definition) is 2. The van der Waals surface area contributed by atoms with E-state index in [4.69, 9.17) is 17.3 Å². The molecule has 5 heteroatoms. The first kappa shape index (κ1) is 12.9. The van der Waals surface area contributed by atoms with Crippen LogP contribution >= 0.6 is 11.6 Å². The minimum atomic E-state index is -0.527. The van der Waals surface area contributed by atoms with Crippen molar-refractivity contribution in [3.8, 4) is 0 Å². The van der Waals surface area contributed by atoms with Crippen LogP contribution < -0.4 is 11.1 Å². The maximum Gasteiger partial charge on any atom is 0.241 e. The molecule has 0 radical (unpaired) electrons. The van der Waals surface area contributed by atoms with Crippen molar-refractivity contribution < 1.29 is 4.79 Å². The molecule has 1 aromatic rings. The fraction of sp³-hybridized carbons (Fsp3) is 0.455. The Bertz CT molecular complexity index is 370. The number of rotatable bonds is 4. The summed E-state index contributed by atoms with van der Waals surface area (Å²) in [5.74, 6) is -0.0975. The summed E-state index contributed by atoms with van der Waals surface area (Å²) in [4.78, 5) is 15.6. The lowest BCUT2D eigenvalue weighted by atomic mass is 9.99. The van der Waals surface area contributed by atoms with Crippen molar-refractivity contribution in [3.63, 3.8) is 0 Å². The molecule has 0 saturated carbocycles. The molecule has 4 nitrogen and oxygen atoms in total. The standard InChI is InChI=1S/C11H16ClN3O/c1-3-7(2)9(13)11(16)15-8-5-4-6-14-10(8)12/h4-7,9H,3,13H2,1-2H3,(H,15,16)/t7-,9-/m0/s1. The van der Waals surface area contributed by atoms with Gasteiger partial charge in [0, 0.05) is 6.20 Å². The second-order valence-corrected chi connectivity index (χ2v) is 4.10. The molecule has 0 aliphatic rings. The molecule has 2 atom stereocenters. The van der Waals surface area contributed by atoms with E-state index in [-0.39, 0.29) is 17.0 Å². The van der Waals surface area contributed by atoms with E-state index in [1.807, 2.05) is 13.8 Å². The summed E-state index contributed by atoms with van der Waals surface area (Å²) in [6.45, 7) is 3.93. The fourth-order valence-electron chi connectivity index (χ4n) is 1.21. The molecule has 0 unspecified atom stereocenters. The molecule has 0 aromatic carbocycles. The number of nitrogens with two attached hydrogens (primary N) is 1. The van der Waals surface area contributed by atoms with Crippen molar-refractivity contribution in [3.05, 3.63) is 23.5 Å². The Morgan fingerprint density at radius 1 is 1.69 bits per heavy atom. The Kier molecular flexibility index (Phi) is 4.71. The van der Waals surface area contributed by atoms with Crippen LogP contribution in [0, 0.1) is 5.92 Å². The van der Waals surface area contributed by atoms with Crippen LogP contribution in [0.5, 0.6) is 0 Å². The van der Waals surface area contributed by atoms with E-state index >= 15 is 0 Å². The molecular weight excluding hydrogens is 226 g/mol. The zero-order chi connectivity index (χ0) is 12.1. The summed E-state index contributed by atoms with van der Waals surface area (Å²) in [7, 11) is 0. The molecule has 1 amide bonds. The molecule has 88 valence electrons. The van der Waals surface area contributed by atoms with Gasteiger partial charge in [0.15, 0.2) is 5.15 Å². The molecule has 3 N–H and O–H groups in total. The van der Waals surface area contributed by atoms with E-state index < -0.39 is 6.04 Å². The molecule has 0 spiro atoms. The quantitative estimate of drug-likeness (QED) is 0.793. The smallest absolute Gasteiger partial charge is 0.241 e. The van der Waals surface area contributed by atoms with Crippen LogP contribution in [0.15, 0.2) is 18.3 Å². The van der Waals surface area contributed by atoms with Gasteiger partial charge in [0.1, 0.15) is 0 Å². The number of amides is 1. The lowest BCUT2D eigenvalue weighted by Crippen LogP contribution is -2.40. The van der Waals surface area contributed by atoms with Gasteiger partial charge in [0.25, 0.3) is 0 Å². The van der Waals surface area contributed by atoms with Gasteiger partial charge < -0.3 is 11.1 Å². The monoisotopic (exact) mass is 241 g/mol. The van der Waals surface area contributed by atoms with E-state index in [1.165, 1.54) is 0 Å². The second kappa shape index (κ2) is 5.82. The van der Waals surface area contributed by atoms with Crippen molar-refractivity contribution >= 4 is 23.2 Å². The summed E-state index contributed by atoms with van der Waals surface area (Å²) in [5.41, 5.74) is 6.29. The zero-order valence-electron chi connectivity index (χ0n) is 9.40. The average molecular weight is 242 g/mol. The Labute approximate surface area is 100 Å². The van der Waals surface area contributed by atoms with Crippen LogP contribution in [0.3, 0.4) is 0 Å². The van der Waals surface area contributed by atoms with Crippen LogP contribution in [-0.2, 0) is 4.79 Å². The van der Waals surface area contributed by atoms with E-state index in [0.29, 0.717) is 5.69 Å². The highest BCUT2D eigenvalue weighted by Gasteiger charge is 2.20. The van der Waals surface area contributed by atoms with E-state index in [0.717, 1.165) is 6.42 Å². The van der Waals surface area contributed by atoms with Crippen LogP contribution in [0.4, 0.5) is 5.69 Å². The molecule has 0 aliphatic heterocycles. The number of hydrogen-bond acceptors (Lipinski definition) is 3. The Hall–Kier alpha value is -1.13. The third-order valence-corrected chi connectivity index (χ3v) is 2.88. The number of nitrogens with zero attached hydrogens (tertiary/aromatic N) is 1. The van der Waals surface area contributed by atoms with Gasteiger partial charge in [0.05, 0.1) is 11.7 Å². The lowest BCUT2D eigenvalue weighted by Gasteiger charge is -2.17. The van der Waals surface area contributed by atoms with Gasteiger partial charge in [-0.15, -0.1) is 0 Å². The highest BCUT2D eigenvalue weighted by atomic mass is 35.5. The highest BCUT2D eigenvalue weighted by molar-refractivity contribution is 6.32. The van der Waals surface area contributed by atoms with Crippen LogP contribution in [0.2, 0.25) is 5.15 Å². The summed E-state index contributed by atoms with van der Waals surface area (Å²) in [6, 6.07) is 2.87. The number of nitrogens with one attached hydrogen (secondary N) is 1. The number of carbonyl (C=O) groups is 1. The summed E-state index contributed by atoms with van der Waals surface area (Å²) < 4.78 is 0. The van der Waals surface area contributed by atoms with E-state index in [2.05, 4.69) is 10.3 Å². The first-order valence-electron chi connectivity index (χ1n) is 5.23. The molecule has 1 aromatic heterocycles. The molecule has 0 fully saturated rings. The van der Waals surface area contributed by atoms with Crippen molar-refractivity contribution in [1.82, 2.24) is 4.98 Å². The molecular formula is C11H16ClN3O. The number of pyridine rings is 1. The van der Waals surface area contributed by atoms with Crippen molar-refractivity contribution in [2.24, 2.45) is 11.7 Å². The van der Waals surface area contributed by atoms with Crippen molar-refractivity contribution in [2.75, 3.05) is 5.32 Å². The van der Waals surface area contributed by atoms with Gasteiger partial charge in [-0.25, -0.2) is 4.98 Å². The number of carbonyl (C=O) groups excluding carboxylic acids is 1. The third-order valence-electron chi connectivity index (χ3n) is 2.58. The van der Waals surface area contributed by atoms with E-state index in [9.17, 15) is 4.79 Å². The first-order chi connectivity index (χ1) is 7.56. The third kappa shape index (κ3) is 3.18. The molecule has 1 heterocycles. The maximum atomic E-state index is 11.7. The zero-order valence-corrected chi connectivity index (χ0v) is 10.2. The van der Waals surface area contributed by atoms with E-state index in [1.54, 1.807) is 18.3 Å². The Morgan fingerprint density at radius 3 is 2.94 bits per heavy atom. The van der Waals surface area contributed by atoms with Gasteiger partial charge in [-0.05, 0) is 18.1 Å². The lowest BCUT2D eigenvalue weighted by molar-refractivity contribution is -0.118. The molecule has 0 aliphatic carbocycles. The topological polar surface area (TPSA) is 68.0 Å². The van der Waals surface area contributed by atoms with Gasteiger partial charge >= 0.3 is 0 Å². The molecule has 0 saturated heterocycles. The Morgan fingerprint density at radius 2 is 2.38 bits per heavy atom. The van der Waals surface area contributed by atoms with Gasteiger partial charge in [-0.2, -0.15) is 0 Å². The minimum Gasteiger partial charge on any atom is -0.322 e. The predicted octanol–water partition coefficient (Wildman–Crippen LogP) is 2.05. The summed E-state index contributed by atoms with van der Waals surface area (Å²) >= 11 is 5.82.